The number of carbonyl (C=O) groups excluding carboxylic acids is 1. The second kappa shape index (κ2) is 3.72. The highest BCUT2D eigenvalue weighted by atomic mass is 16.5. The van der Waals surface area contributed by atoms with E-state index >= 15 is 0 Å². The van der Waals surface area contributed by atoms with Gasteiger partial charge < -0.3 is 4.65 Å². The number of rotatable bonds is 2. The molecule has 0 aromatic carbocycles. The summed E-state index contributed by atoms with van der Waals surface area (Å²) in [5.74, 6) is -0.123. The highest BCUT2D eigenvalue weighted by molar-refractivity contribution is 6.05. The van der Waals surface area contributed by atoms with Crippen molar-refractivity contribution < 1.29 is 9.45 Å². The Bertz CT molecular complexity index is 62.7. The monoisotopic (exact) mass is 100 g/mol. The van der Waals surface area contributed by atoms with Gasteiger partial charge in [0.15, 0.2) is 0 Å². The van der Waals surface area contributed by atoms with Crippen molar-refractivity contribution in [2.24, 2.45) is 0 Å². The minimum Gasteiger partial charge on any atom is -0.543 e. The second-order valence-corrected chi connectivity index (χ2v) is 1.33. The maximum absolute atomic E-state index is 10.2. The van der Waals surface area contributed by atoms with E-state index in [1.165, 1.54) is 8.05 Å². The smallest absolute Gasteiger partial charge is 0.325 e. The van der Waals surface area contributed by atoms with Gasteiger partial charge in [-0.15, -0.1) is 0 Å². The molecule has 0 rings (SSSR count). The van der Waals surface area contributed by atoms with E-state index in [2.05, 4.69) is 4.65 Å². The van der Waals surface area contributed by atoms with E-state index in [1.807, 2.05) is 6.92 Å². The Hall–Kier alpha value is -0.465. The molecule has 0 amide bonds. The normalized spacial score (nSPS) is 8.14. The number of carbonyl (C=O) groups is 1. The van der Waals surface area contributed by atoms with Crippen LogP contribution >= 0.6 is 0 Å². The fourth-order valence-electron chi connectivity index (χ4n) is 0.306. The summed E-state index contributed by atoms with van der Waals surface area (Å²) in [6.07, 6.45) is 1.41. The molecule has 0 saturated carbocycles. The molecular weight excluding hydrogens is 90.9 g/mol. The molecule has 0 saturated heterocycles. The lowest BCUT2D eigenvalue weighted by atomic mass is 10.3. The van der Waals surface area contributed by atoms with E-state index in [9.17, 15) is 4.79 Å². The summed E-state index contributed by atoms with van der Waals surface area (Å²) >= 11 is 0. The van der Waals surface area contributed by atoms with Crippen LogP contribution in [0.15, 0.2) is 0 Å². The first kappa shape index (κ1) is 6.53. The number of hydrogen-bond acceptors (Lipinski definition) is 2. The molecule has 0 aromatic heterocycles. The minimum atomic E-state index is -0.123. The molecule has 0 aliphatic heterocycles. The van der Waals surface area contributed by atoms with Gasteiger partial charge in [-0.2, -0.15) is 0 Å². The predicted octanol–water partition coefficient (Wildman–Crippen LogP) is -0.122. The molecule has 3 heteroatoms. The Morgan fingerprint density at radius 3 is 2.57 bits per heavy atom. The lowest BCUT2D eigenvalue weighted by Gasteiger charge is -1.92. The Kier molecular flexibility index (Phi) is 3.47. The van der Waals surface area contributed by atoms with Crippen LogP contribution in [0.4, 0.5) is 0 Å². The molecule has 0 bridgehead atoms. The van der Waals surface area contributed by atoms with Crippen LogP contribution in [0, 0.1) is 0 Å². The van der Waals surface area contributed by atoms with Gasteiger partial charge in [0.05, 0.1) is 0 Å². The van der Waals surface area contributed by atoms with E-state index in [0.717, 1.165) is 6.42 Å². The largest absolute Gasteiger partial charge is 0.543 e. The molecule has 0 unspecified atom stereocenters. The quantitative estimate of drug-likeness (QED) is 0.452. The van der Waals surface area contributed by atoms with Crippen molar-refractivity contribution in [3.8, 4) is 0 Å². The summed E-state index contributed by atoms with van der Waals surface area (Å²) in [6.45, 7) is 1.94. The molecule has 2 nitrogen and oxygen atoms in total. The van der Waals surface area contributed by atoms with Gasteiger partial charge in [0.25, 0.3) is 5.97 Å². The standard InChI is InChI=1S/C4H9BO2/c1-2-3-4(6)7-5/h2-3,5H2,1H3. The van der Waals surface area contributed by atoms with Crippen LogP contribution in [0.1, 0.15) is 19.8 Å². The van der Waals surface area contributed by atoms with Crippen LogP contribution in [-0.4, -0.2) is 14.0 Å². The summed E-state index contributed by atoms with van der Waals surface area (Å²) < 4.78 is 4.35. The summed E-state index contributed by atoms with van der Waals surface area (Å²) in [4.78, 5) is 10.2. The molecule has 0 heterocycles. The van der Waals surface area contributed by atoms with Crippen LogP contribution in [0.3, 0.4) is 0 Å². The third kappa shape index (κ3) is 3.36. The van der Waals surface area contributed by atoms with Crippen LogP contribution in [0.2, 0.25) is 0 Å². The number of hydrogen-bond donors (Lipinski definition) is 0. The van der Waals surface area contributed by atoms with Gasteiger partial charge in [-0.25, -0.2) is 0 Å². The van der Waals surface area contributed by atoms with Gasteiger partial charge in [0.1, 0.15) is 0 Å². The molecule has 0 aliphatic carbocycles. The van der Waals surface area contributed by atoms with E-state index in [1.54, 1.807) is 0 Å². The van der Waals surface area contributed by atoms with E-state index in [4.69, 9.17) is 0 Å². The van der Waals surface area contributed by atoms with Gasteiger partial charge in [0.2, 0.25) is 0 Å². The Labute approximate surface area is 44.3 Å². The van der Waals surface area contributed by atoms with Crippen LogP contribution in [0.25, 0.3) is 0 Å². The Balaban J connectivity index is 3.00. The average molecular weight is 99.9 g/mol. The first-order valence-electron chi connectivity index (χ1n) is 2.38. The highest BCUT2D eigenvalue weighted by Gasteiger charge is 1.92. The third-order valence-corrected chi connectivity index (χ3v) is 0.682. The molecule has 0 N–H and O–H groups in total. The fourth-order valence-corrected chi connectivity index (χ4v) is 0.306. The Morgan fingerprint density at radius 2 is 2.43 bits per heavy atom. The van der Waals surface area contributed by atoms with Crippen molar-refractivity contribution in [2.45, 2.75) is 19.8 Å². The molecule has 0 fully saturated rings. The zero-order chi connectivity index (χ0) is 5.70. The summed E-state index contributed by atoms with van der Waals surface area (Å²) in [7, 11) is 1.40. The molecule has 0 radical (unpaired) electrons. The maximum Gasteiger partial charge on any atom is 0.325 e. The fraction of sp³-hybridized carbons (Fsp3) is 0.750. The zero-order valence-electron chi connectivity index (χ0n) is 4.73. The summed E-state index contributed by atoms with van der Waals surface area (Å²) in [5, 5.41) is 0. The van der Waals surface area contributed by atoms with Gasteiger partial charge in [0, 0.05) is 6.42 Å². The topological polar surface area (TPSA) is 26.3 Å². The van der Waals surface area contributed by atoms with Crippen LogP contribution in [-0.2, 0) is 9.45 Å². The van der Waals surface area contributed by atoms with Crippen molar-refractivity contribution in [3.63, 3.8) is 0 Å². The molecular formula is C4H9BO2. The highest BCUT2D eigenvalue weighted by Crippen LogP contribution is 1.86. The summed E-state index contributed by atoms with van der Waals surface area (Å²) in [5.41, 5.74) is 0. The summed E-state index contributed by atoms with van der Waals surface area (Å²) in [6, 6.07) is 0. The predicted molar refractivity (Wildman–Crippen MR) is 29.5 cm³/mol. The molecule has 0 atom stereocenters. The van der Waals surface area contributed by atoms with Gasteiger partial charge in [-0.3, -0.25) is 4.79 Å². The molecule has 0 aromatic rings. The third-order valence-electron chi connectivity index (χ3n) is 0.682. The molecule has 0 aliphatic rings. The minimum absolute atomic E-state index is 0.123. The van der Waals surface area contributed by atoms with Gasteiger partial charge >= 0.3 is 8.05 Å². The van der Waals surface area contributed by atoms with Crippen molar-refractivity contribution in [1.29, 1.82) is 0 Å². The maximum atomic E-state index is 10.2. The van der Waals surface area contributed by atoms with E-state index in [-0.39, 0.29) is 5.97 Å². The molecule has 40 valence electrons. The van der Waals surface area contributed by atoms with Crippen LogP contribution < -0.4 is 0 Å². The van der Waals surface area contributed by atoms with Crippen LogP contribution in [0.5, 0.6) is 0 Å². The van der Waals surface area contributed by atoms with E-state index < -0.39 is 0 Å². The van der Waals surface area contributed by atoms with Gasteiger partial charge in [-0.1, -0.05) is 6.92 Å². The van der Waals surface area contributed by atoms with Gasteiger partial charge in [-0.05, 0) is 6.42 Å². The Morgan fingerprint density at radius 1 is 1.86 bits per heavy atom. The van der Waals surface area contributed by atoms with Crippen molar-refractivity contribution in [1.82, 2.24) is 0 Å². The van der Waals surface area contributed by atoms with Crippen molar-refractivity contribution >= 4 is 14.0 Å². The lowest BCUT2D eigenvalue weighted by molar-refractivity contribution is -0.134. The average Bonchev–Trinajstić information content (AvgIpc) is 1.68. The van der Waals surface area contributed by atoms with Crippen molar-refractivity contribution in [2.75, 3.05) is 0 Å². The first-order chi connectivity index (χ1) is 3.31. The second-order valence-electron chi connectivity index (χ2n) is 1.33. The molecule has 0 spiro atoms. The first-order valence-corrected chi connectivity index (χ1v) is 2.38. The van der Waals surface area contributed by atoms with Crippen molar-refractivity contribution in [3.05, 3.63) is 0 Å². The zero-order valence-corrected chi connectivity index (χ0v) is 4.73. The SMILES string of the molecule is BOC(=O)CCC. The van der Waals surface area contributed by atoms with E-state index in [0.29, 0.717) is 6.42 Å². The lowest BCUT2D eigenvalue weighted by Crippen LogP contribution is -1.98. The molecule has 7 heavy (non-hydrogen) atoms.